The average Bonchev–Trinajstić information content (AvgIpc) is 3.06. The van der Waals surface area contributed by atoms with Crippen LogP contribution in [0.5, 0.6) is 0 Å². The van der Waals surface area contributed by atoms with Crippen molar-refractivity contribution in [1.29, 1.82) is 0 Å². The molecule has 0 bridgehead atoms. The highest BCUT2D eigenvalue weighted by Gasteiger charge is 2.55. The zero-order valence-electron chi connectivity index (χ0n) is 14.5. The van der Waals surface area contributed by atoms with E-state index in [0.717, 1.165) is 6.07 Å². The van der Waals surface area contributed by atoms with E-state index in [9.17, 15) is 13.2 Å². The van der Waals surface area contributed by atoms with Crippen LogP contribution in [0.2, 0.25) is 0 Å². The lowest BCUT2D eigenvalue weighted by molar-refractivity contribution is -0.229. The lowest BCUT2D eigenvalue weighted by Crippen LogP contribution is -2.37. The van der Waals surface area contributed by atoms with Crippen LogP contribution in [0.15, 0.2) is 24.3 Å². The first-order chi connectivity index (χ1) is 11.8. The topological polar surface area (TPSA) is 36.9 Å². The SMILES string of the molecule is CC[C@H]1O[C@@H]2OC(C)(CC)O[C@@H]2[C@H]1OCc1ccccc1C(F)(F)F. The van der Waals surface area contributed by atoms with Crippen LogP contribution in [0.1, 0.15) is 44.7 Å². The number of hydrogen-bond acceptors (Lipinski definition) is 4. The Balaban J connectivity index is 1.74. The van der Waals surface area contributed by atoms with Gasteiger partial charge in [0.2, 0.25) is 0 Å². The van der Waals surface area contributed by atoms with Gasteiger partial charge in [0.05, 0.1) is 18.3 Å². The second-order valence-corrected chi connectivity index (χ2v) is 6.57. The molecule has 1 unspecified atom stereocenters. The van der Waals surface area contributed by atoms with Crippen LogP contribution < -0.4 is 0 Å². The van der Waals surface area contributed by atoms with E-state index < -0.39 is 36.0 Å². The predicted octanol–water partition coefficient (Wildman–Crippen LogP) is 4.27. The summed E-state index contributed by atoms with van der Waals surface area (Å²) < 4.78 is 62.8. The molecule has 25 heavy (non-hydrogen) atoms. The summed E-state index contributed by atoms with van der Waals surface area (Å²) in [7, 11) is 0. The van der Waals surface area contributed by atoms with Crippen LogP contribution in [0, 0.1) is 0 Å². The van der Waals surface area contributed by atoms with Crippen LogP contribution in [0.4, 0.5) is 13.2 Å². The number of hydrogen-bond donors (Lipinski definition) is 0. The third kappa shape index (κ3) is 3.69. The maximum atomic E-state index is 13.1. The minimum absolute atomic E-state index is 0.102. The van der Waals surface area contributed by atoms with Gasteiger partial charge < -0.3 is 18.9 Å². The molecule has 0 saturated carbocycles. The number of ether oxygens (including phenoxy) is 4. The summed E-state index contributed by atoms with van der Waals surface area (Å²) >= 11 is 0. The highest BCUT2D eigenvalue weighted by Crippen LogP contribution is 2.41. The highest BCUT2D eigenvalue weighted by molar-refractivity contribution is 5.29. The van der Waals surface area contributed by atoms with E-state index in [1.54, 1.807) is 6.07 Å². The Kier molecular flexibility index (Phi) is 5.12. The van der Waals surface area contributed by atoms with E-state index in [1.807, 2.05) is 20.8 Å². The van der Waals surface area contributed by atoms with Crippen molar-refractivity contribution in [3.05, 3.63) is 35.4 Å². The van der Waals surface area contributed by atoms with Gasteiger partial charge in [-0.25, -0.2) is 0 Å². The van der Waals surface area contributed by atoms with Crippen LogP contribution in [0.25, 0.3) is 0 Å². The molecule has 2 aliphatic heterocycles. The minimum Gasteiger partial charge on any atom is -0.368 e. The van der Waals surface area contributed by atoms with E-state index in [1.165, 1.54) is 12.1 Å². The number of fused-ring (bicyclic) bond motifs is 1. The fraction of sp³-hybridized carbons (Fsp3) is 0.667. The van der Waals surface area contributed by atoms with Gasteiger partial charge in [0.15, 0.2) is 12.1 Å². The molecule has 7 heteroatoms. The summed E-state index contributed by atoms with van der Waals surface area (Å²) in [6.07, 6.45) is -4.82. The van der Waals surface area contributed by atoms with E-state index in [4.69, 9.17) is 18.9 Å². The van der Waals surface area contributed by atoms with Gasteiger partial charge in [0.1, 0.15) is 12.2 Å². The first kappa shape index (κ1) is 18.6. The first-order valence-corrected chi connectivity index (χ1v) is 8.55. The fourth-order valence-electron chi connectivity index (χ4n) is 3.28. The molecule has 2 aliphatic rings. The molecule has 1 aromatic carbocycles. The third-order valence-corrected chi connectivity index (χ3v) is 4.82. The Hall–Kier alpha value is -1.15. The maximum absolute atomic E-state index is 13.1. The zero-order chi connectivity index (χ0) is 18.2. The Labute approximate surface area is 145 Å². The van der Waals surface area contributed by atoms with E-state index >= 15 is 0 Å². The van der Waals surface area contributed by atoms with Gasteiger partial charge in [-0.3, -0.25) is 0 Å². The molecule has 2 fully saturated rings. The summed E-state index contributed by atoms with van der Waals surface area (Å²) in [6, 6.07) is 5.44. The normalized spacial score (nSPS) is 35.1. The molecule has 2 saturated heterocycles. The second-order valence-electron chi connectivity index (χ2n) is 6.57. The molecule has 0 radical (unpaired) electrons. The van der Waals surface area contributed by atoms with Crippen LogP contribution in [0.3, 0.4) is 0 Å². The standard InChI is InChI=1S/C18H23F3O4/c1-4-13-14(15-16(23-13)25-17(3,5-2)24-15)22-10-11-8-6-7-9-12(11)18(19,20)21/h6-9,13-16H,4-5,10H2,1-3H3/t13-,14+,15-,16-,17?/m1/s1. The molecular weight excluding hydrogens is 337 g/mol. The van der Waals surface area contributed by atoms with Crippen molar-refractivity contribution in [2.45, 2.75) is 76.8 Å². The number of halogens is 3. The monoisotopic (exact) mass is 360 g/mol. The van der Waals surface area contributed by atoms with Crippen LogP contribution in [-0.4, -0.2) is 30.4 Å². The smallest absolute Gasteiger partial charge is 0.368 e. The van der Waals surface area contributed by atoms with Gasteiger partial charge in [-0.2, -0.15) is 13.2 Å². The summed E-state index contributed by atoms with van der Waals surface area (Å²) in [6.45, 7) is 5.54. The average molecular weight is 360 g/mol. The largest absolute Gasteiger partial charge is 0.416 e. The quantitative estimate of drug-likeness (QED) is 0.786. The van der Waals surface area contributed by atoms with Crippen molar-refractivity contribution in [2.24, 2.45) is 0 Å². The molecule has 0 amide bonds. The Morgan fingerprint density at radius 3 is 2.52 bits per heavy atom. The first-order valence-electron chi connectivity index (χ1n) is 8.55. The Bertz CT molecular complexity index is 606. The summed E-state index contributed by atoms with van der Waals surface area (Å²) in [5.74, 6) is -0.750. The number of rotatable bonds is 5. The summed E-state index contributed by atoms with van der Waals surface area (Å²) in [5.41, 5.74) is -0.578. The van der Waals surface area contributed by atoms with Crippen LogP contribution >= 0.6 is 0 Å². The zero-order valence-corrected chi connectivity index (χ0v) is 14.5. The van der Waals surface area contributed by atoms with Gasteiger partial charge >= 0.3 is 6.18 Å². The maximum Gasteiger partial charge on any atom is 0.416 e. The fourth-order valence-corrected chi connectivity index (χ4v) is 3.28. The molecule has 0 aromatic heterocycles. The molecule has 0 spiro atoms. The molecule has 5 atom stereocenters. The predicted molar refractivity (Wildman–Crippen MR) is 83.6 cm³/mol. The molecule has 140 valence electrons. The summed E-state index contributed by atoms with van der Waals surface area (Å²) in [5, 5.41) is 0. The van der Waals surface area contributed by atoms with Crippen LogP contribution in [-0.2, 0) is 31.7 Å². The molecule has 4 nitrogen and oxygen atoms in total. The minimum atomic E-state index is -4.41. The van der Waals surface area contributed by atoms with Crippen molar-refractivity contribution < 1.29 is 32.1 Å². The molecular formula is C18H23F3O4. The lowest BCUT2D eigenvalue weighted by Gasteiger charge is -2.27. The van der Waals surface area contributed by atoms with Gasteiger partial charge in [-0.05, 0) is 31.4 Å². The summed E-state index contributed by atoms with van der Waals surface area (Å²) in [4.78, 5) is 0. The number of alkyl halides is 3. The van der Waals surface area contributed by atoms with Crippen molar-refractivity contribution >= 4 is 0 Å². The van der Waals surface area contributed by atoms with Crippen molar-refractivity contribution in [3.63, 3.8) is 0 Å². The van der Waals surface area contributed by atoms with Gasteiger partial charge in [-0.15, -0.1) is 0 Å². The molecule has 0 aliphatic carbocycles. The molecule has 0 N–H and O–H groups in total. The number of benzene rings is 1. The Morgan fingerprint density at radius 2 is 1.88 bits per heavy atom. The van der Waals surface area contributed by atoms with Gasteiger partial charge in [-0.1, -0.05) is 32.0 Å². The molecule has 3 rings (SSSR count). The lowest BCUT2D eigenvalue weighted by atomic mass is 10.1. The van der Waals surface area contributed by atoms with E-state index in [0.29, 0.717) is 12.8 Å². The van der Waals surface area contributed by atoms with Gasteiger partial charge in [0.25, 0.3) is 0 Å². The van der Waals surface area contributed by atoms with Crippen molar-refractivity contribution in [1.82, 2.24) is 0 Å². The highest BCUT2D eigenvalue weighted by atomic mass is 19.4. The third-order valence-electron chi connectivity index (χ3n) is 4.82. The van der Waals surface area contributed by atoms with Crippen molar-refractivity contribution in [3.8, 4) is 0 Å². The molecule has 1 aromatic rings. The van der Waals surface area contributed by atoms with E-state index in [2.05, 4.69) is 0 Å². The van der Waals surface area contributed by atoms with E-state index in [-0.39, 0.29) is 18.3 Å². The second kappa shape index (κ2) is 6.87. The van der Waals surface area contributed by atoms with Crippen molar-refractivity contribution in [2.75, 3.05) is 0 Å². The molecule has 2 heterocycles. The Morgan fingerprint density at radius 1 is 1.16 bits per heavy atom. The van der Waals surface area contributed by atoms with Gasteiger partial charge in [0, 0.05) is 0 Å².